The predicted octanol–water partition coefficient (Wildman–Crippen LogP) is 5.60. The summed E-state index contributed by atoms with van der Waals surface area (Å²) in [6, 6.07) is 2.12. The Labute approximate surface area is 163 Å². The summed E-state index contributed by atoms with van der Waals surface area (Å²) in [6.07, 6.45) is 2.89. The second kappa shape index (κ2) is 8.67. The van der Waals surface area contributed by atoms with Gasteiger partial charge in [-0.2, -0.15) is 0 Å². The minimum atomic E-state index is -0.0861. The average molecular weight is 420 g/mol. The molecule has 0 saturated heterocycles. The summed E-state index contributed by atoms with van der Waals surface area (Å²) < 4.78 is 1.06. The Hall–Kier alpha value is -1.88. The van der Waals surface area contributed by atoms with Gasteiger partial charge in [-0.05, 0) is 55.4 Å². The van der Waals surface area contributed by atoms with Crippen LogP contribution in [-0.2, 0) is 9.63 Å². The molecular weight excluding hydrogens is 394 g/mol. The average Bonchev–Trinajstić information content (AvgIpc) is 2.58. The van der Waals surface area contributed by atoms with Crippen LogP contribution in [0.15, 0.2) is 39.7 Å². The molecule has 1 aromatic carbocycles. The third kappa shape index (κ3) is 4.09. The standard InChI is InChI=1S/C21H26BrNO3/c1-6-8-26-23-16(7-2)20-17(24)10-15(11-18(20)25)19-12(3)9-13(4)21(22)14(19)5/h6,9,15,24H,1,7-8,10-11H2,2-5H3. The molecule has 1 aromatic rings. The lowest BCUT2D eigenvalue weighted by atomic mass is 9.78. The van der Waals surface area contributed by atoms with E-state index in [1.54, 1.807) is 6.08 Å². The highest BCUT2D eigenvalue weighted by Gasteiger charge is 2.33. The summed E-state index contributed by atoms with van der Waals surface area (Å²) in [5.74, 6) is -0.0167. The van der Waals surface area contributed by atoms with E-state index in [9.17, 15) is 9.90 Å². The van der Waals surface area contributed by atoms with E-state index < -0.39 is 0 Å². The Bertz CT molecular complexity index is 793. The third-order valence-electron chi connectivity index (χ3n) is 4.78. The third-order valence-corrected chi connectivity index (χ3v) is 6.00. The minimum Gasteiger partial charge on any atom is -0.511 e. The first-order chi connectivity index (χ1) is 12.3. The number of aliphatic hydroxyl groups is 1. The van der Waals surface area contributed by atoms with Gasteiger partial charge in [-0.3, -0.25) is 4.79 Å². The molecule has 1 unspecified atom stereocenters. The van der Waals surface area contributed by atoms with Gasteiger partial charge in [0.1, 0.15) is 12.4 Å². The number of ketones is 1. The van der Waals surface area contributed by atoms with Crippen molar-refractivity contribution in [1.29, 1.82) is 0 Å². The summed E-state index contributed by atoms with van der Waals surface area (Å²) in [6.45, 7) is 11.9. The largest absolute Gasteiger partial charge is 0.511 e. The summed E-state index contributed by atoms with van der Waals surface area (Å²) in [5.41, 5.74) is 5.40. The van der Waals surface area contributed by atoms with Gasteiger partial charge in [0.25, 0.3) is 0 Å². The fourth-order valence-electron chi connectivity index (χ4n) is 3.68. The smallest absolute Gasteiger partial charge is 0.168 e. The summed E-state index contributed by atoms with van der Waals surface area (Å²) in [4.78, 5) is 17.9. The van der Waals surface area contributed by atoms with Crippen molar-refractivity contribution >= 4 is 27.4 Å². The highest BCUT2D eigenvalue weighted by molar-refractivity contribution is 9.10. The highest BCUT2D eigenvalue weighted by Crippen LogP contribution is 2.40. The number of nitrogens with zero attached hydrogens (tertiary/aromatic N) is 1. The zero-order valence-corrected chi connectivity index (χ0v) is 17.4. The Morgan fingerprint density at radius 3 is 2.65 bits per heavy atom. The van der Waals surface area contributed by atoms with E-state index in [4.69, 9.17) is 4.84 Å². The number of allylic oxidation sites excluding steroid dienone is 2. The van der Waals surface area contributed by atoms with Gasteiger partial charge in [0.05, 0.1) is 11.3 Å². The van der Waals surface area contributed by atoms with Gasteiger partial charge in [-0.25, -0.2) is 0 Å². The monoisotopic (exact) mass is 419 g/mol. The van der Waals surface area contributed by atoms with Crippen LogP contribution in [-0.4, -0.2) is 23.2 Å². The zero-order chi connectivity index (χ0) is 19.4. The second-order valence-corrected chi connectivity index (χ2v) is 7.48. The summed E-state index contributed by atoms with van der Waals surface area (Å²) in [5, 5.41) is 14.6. The van der Waals surface area contributed by atoms with E-state index in [-0.39, 0.29) is 24.1 Å². The number of hydrogen-bond acceptors (Lipinski definition) is 4. The van der Waals surface area contributed by atoms with E-state index in [0.717, 1.165) is 21.2 Å². The molecular formula is C21H26BrNO3. The quantitative estimate of drug-likeness (QED) is 0.282. The second-order valence-electron chi connectivity index (χ2n) is 6.69. The molecule has 140 valence electrons. The van der Waals surface area contributed by atoms with Crippen LogP contribution in [0.4, 0.5) is 0 Å². The first-order valence-corrected chi connectivity index (χ1v) is 9.62. The van der Waals surface area contributed by atoms with E-state index in [1.807, 2.05) is 6.92 Å². The topological polar surface area (TPSA) is 58.9 Å². The number of aliphatic hydroxyl groups excluding tert-OH is 1. The number of benzene rings is 1. The number of carbonyl (C=O) groups is 1. The summed E-state index contributed by atoms with van der Waals surface area (Å²) in [7, 11) is 0. The minimum absolute atomic E-state index is 0.0321. The number of oxime groups is 1. The Balaban J connectivity index is 2.40. The lowest BCUT2D eigenvalue weighted by molar-refractivity contribution is -0.116. The Morgan fingerprint density at radius 1 is 1.38 bits per heavy atom. The molecule has 0 aromatic heterocycles. The number of carbonyl (C=O) groups excluding carboxylic acids is 1. The lowest BCUT2D eigenvalue weighted by Crippen LogP contribution is -2.24. The van der Waals surface area contributed by atoms with Gasteiger partial charge in [0.15, 0.2) is 5.78 Å². The van der Waals surface area contributed by atoms with Crippen LogP contribution < -0.4 is 0 Å². The molecule has 0 saturated carbocycles. The first-order valence-electron chi connectivity index (χ1n) is 8.83. The van der Waals surface area contributed by atoms with Crippen LogP contribution in [0.5, 0.6) is 0 Å². The van der Waals surface area contributed by atoms with E-state index in [0.29, 0.717) is 30.5 Å². The molecule has 0 fully saturated rings. The van der Waals surface area contributed by atoms with E-state index >= 15 is 0 Å². The van der Waals surface area contributed by atoms with Gasteiger partial charge >= 0.3 is 0 Å². The fraction of sp³-hybridized carbons (Fsp3) is 0.429. The van der Waals surface area contributed by atoms with Crippen molar-refractivity contribution in [3.63, 3.8) is 0 Å². The summed E-state index contributed by atoms with van der Waals surface area (Å²) >= 11 is 3.64. The van der Waals surface area contributed by atoms with Crippen LogP contribution in [0.3, 0.4) is 0 Å². The molecule has 1 aliphatic rings. The van der Waals surface area contributed by atoms with Crippen molar-refractivity contribution in [2.45, 2.75) is 52.9 Å². The molecule has 1 atom stereocenters. The van der Waals surface area contributed by atoms with E-state index in [1.165, 1.54) is 5.56 Å². The number of rotatable bonds is 6. The molecule has 2 rings (SSSR count). The molecule has 1 N–H and O–H groups in total. The number of hydrogen-bond donors (Lipinski definition) is 1. The maximum atomic E-state index is 12.8. The molecule has 0 radical (unpaired) electrons. The van der Waals surface area contributed by atoms with Crippen molar-refractivity contribution in [2.24, 2.45) is 5.16 Å². The van der Waals surface area contributed by atoms with Crippen molar-refractivity contribution in [2.75, 3.05) is 6.61 Å². The molecule has 5 heteroatoms. The van der Waals surface area contributed by atoms with Crippen LogP contribution in [0.2, 0.25) is 0 Å². The van der Waals surface area contributed by atoms with Gasteiger partial charge in [0, 0.05) is 17.3 Å². The van der Waals surface area contributed by atoms with Crippen LogP contribution >= 0.6 is 15.9 Å². The normalized spacial score (nSPS) is 18.3. The molecule has 0 aliphatic heterocycles. The zero-order valence-electron chi connectivity index (χ0n) is 15.9. The molecule has 4 nitrogen and oxygen atoms in total. The van der Waals surface area contributed by atoms with Crippen LogP contribution in [0.25, 0.3) is 0 Å². The first kappa shape index (κ1) is 20.4. The predicted molar refractivity (Wildman–Crippen MR) is 109 cm³/mol. The SMILES string of the molecule is C=CCON=C(CC)C1=C(O)CC(c2c(C)cc(C)c(Br)c2C)CC1=O. The number of Topliss-reactive ketones (excluding diaryl/α,β-unsaturated/α-hetero) is 1. The highest BCUT2D eigenvalue weighted by atomic mass is 79.9. The van der Waals surface area contributed by atoms with Gasteiger partial charge in [-0.1, -0.05) is 46.7 Å². The number of aryl methyl sites for hydroxylation is 2. The molecule has 1 aliphatic carbocycles. The van der Waals surface area contributed by atoms with Crippen molar-refractivity contribution < 1.29 is 14.7 Å². The van der Waals surface area contributed by atoms with Crippen LogP contribution in [0.1, 0.15) is 54.4 Å². The Morgan fingerprint density at radius 2 is 2.08 bits per heavy atom. The van der Waals surface area contributed by atoms with E-state index in [2.05, 4.69) is 54.5 Å². The van der Waals surface area contributed by atoms with Crippen LogP contribution in [0, 0.1) is 20.8 Å². The molecule has 0 heterocycles. The molecule has 0 spiro atoms. The molecule has 0 amide bonds. The van der Waals surface area contributed by atoms with Crippen molar-refractivity contribution in [3.8, 4) is 0 Å². The maximum absolute atomic E-state index is 12.8. The Kier molecular flexibility index (Phi) is 6.81. The van der Waals surface area contributed by atoms with Gasteiger partial charge in [0.2, 0.25) is 0 Å². The van der Waals surface area contributed by atoms with Crippen molar-refractivity contribution in [1.82, 2.24) is 0 Å². The maximum Gasteiger partial charge on any atom is 0.168 e. The fourth-order valence-corrected chi connectivity index (χ4v) is 4.01. The number of halogens is 1. The van der Waals surface area contributed by atoms with Gasteiger partial charge in [-0.15, -0.1) is 0 Å². The van der Waals surface area contributed by atoms with Gasteiger partial charge < -0.3 is 9.94 Å². The lowest BCUT2D eigenvalue weighted by Gasteiger charge is -2.27. The molecule has 0 bridgehead atoms. The molecule has 26 heavy (non-hydrogen) atoms. The van der Waals surface area contributed by atoms with Crippen molar-refractivity contribution in [3.05, 3.63) is 56.8 Å².